The second kappa shape index (κ2) is 4.75. The van der Waals surface area contributed by atoms with Crippen molar-refractivity contribution < 1.29 is 8.42 Å². The lowest BCUT2D eigenvalue weighted by molar-refractivity contribution is 0.393. The third-order valence-electron chi connectivity index (χ3n) is 3.16. The van der Waals surface area contributed by atoms with E-state index in [1.807, 2.05) is 19.3 Å². The third kappa shape index (κ3) is 3.27. The number of primary sulfonamides is 1. The van der Waals surface area contributed by atoms with Gasteiger partial charge in [0.05, 0.1) is 10.9 Å². The summed E-state index contributed by atoms with van der Waals surface area (Å²) in [5, 5.41) is 12.2. The number of nitrogens with one attached hydrogen (secondary N) is 1. The van der Waals surface area contributed by atoms with Crippen molar-refractivity contribution in [1.82, 2.24) is 15.1 Å². The number of aryl methyl sites for hydroxylation is 1. The molecule has 0 spiro atoms. The van der Waals surface area contributed by atoms with Gasteiger partial charge in [-0.05, 0) is 18.9 Å². The molecule has 2 unspecified atom stereocenters. The standard InChI is InChI=1S/C10H18N4O2S/c1-14-5-4-9(13-14)6-8-2-3-10(7-12-8)17(11,15)16/h4-5,8,10,12H,2-3,6-7H2,1H3,(H2,11,15,16). The van der Waals surface area contributed by atoms with Crippen LogP contribution in [0.15, 0.2) is 12.3 Å². The lowest BCUT2D eigenvalue weighted by Gasteiger charge is -2.28. The van der Waals surface area contributed by atoms with E-state index in [9.17, 15) is 8.42 Å². The molecule has 2 heterocycles. The molecule has 3 N–H and O–H groups in total. The highest BCUT2D eigenvalue weighted by Crippen LogP contribution is 2.15. The summed E-state index contributed by atoms with van der Waals surface area (Å²) < 4.78 is 24.1. The maximum Gasteiger partial charge on any atom is 0.213 e. The largest absolute Gasteiger partial charge is 0.312 e. The summed E-state index contributed by atoms with van der Waals surface area (Å²) in [6.07, 6.45) is 4.19. The average molecular weight is 258 g/mol. The smallest absolute Gasteiger partial charge is 0.213 e. The molecule has 6 nitrogen and oxygen atoms in total. The molecule has 1 aromatic heterocycles. The van der Waals surface area contributed by atoms with Crippen LogP contribution in [-0.4, -0.2) is 36.0 Å². The van der Waals surface area contributed by atoms with Gasteiger partial charge < -0.3 is 5.32 Å². The van der Waals surface area contributed by atoms with Gasteiger partial charge in [0, 0.05) is 32.3 Å². The van der Waals surface area contributed by atoms with Crippen LogP contribution in [0.4, 0.5) is 0 Å². The molecule has 1 fully saturated rings. The summed E-state index contributed by atoms with van der Waals surface area (Å²) in [4.78, 5) is 0. The Morgan fingerprint density at radius 2 is 2.35 bits per heavy atom. The van der Waals surface area contributed by atoms with E-state index in [1.54, 1.807) is 4.68 Å². The molecular formula is C10H18N4O2S. The highest BCUT2D eigenvalue weighted by atomic mass is 32.2. The molecule has 1 aliphatic heterocycles. The van der Waals surface area contributed by atoms with E-state index >= 15 is 0 Å². The van der Waals surface area contributed by atoms with Gasteiger partial charge >= 0.3 is 0 Å². The number of hydrogen-bond donors (Lipinski definition) is 2. The molecule has 0 amide bonds. The summed E-state index contributed by atoms with van der Waals surface area (Å²) in [5.41, 5.74) is 1.03. The zero-order valence-electron chi connectivity index (χ0n) is 9.83. The normalized spacial score (nSPS) is 26.0. The van der Waals surface area contributed by atoms with E-state index in [-0.39, 0.29) is 0 Å². The van der Waals surface area contributed by atoms with Crippen molar-refractivity contribution in [1.29, 1.82) is 0 Å². The lowest BCUT2D eigenvalue weighted by Crippen LogP contribution is -2.47. The zero-order chi connectivity index (χ0) is 12.5. The van der Waals surface area contributed by atoms with E-state index < -0.39 is 15.3 Å². The minimum atomic E-state index is -3.40. The Bertz CT molecular complexity index is 474. The number of aromatic nitrogens is 2. The maximum absolute atomic E-state index is 11.2. The van der Waals surface area contributed by atoms with Crippen molar-refractivity contribution in [2.24, 2.45) is 12.2 Å². The van der Waals surface area contributed by atoms with Gasteiger partial charge in [-0.2, -0.15) is 5.10 Å². The second-order valence-electron chi connectivity index (χ2n) is 4.58. The van der Waals surface area contributed by atoms with Crippen LogP contribution in [-0.2, 0) is 23.5 Å². The van der Waals surface area contributed by atoms with Gasteiger partial charge in [0.1, 0.15) is 0 Å². The number of piperidine rings is 1. The van der Waals surface area contributed by atoms with Crippen molar-refractivity contribution >= 4 is 10.0 Å². The van der Waals surface area contributed by atoms with Crippen LogP contribution in [0.1, 0.15) is 18.5 Å². The van der Waals surface area contributed by atoms with Gasteiger partial charge in [0.2, 0.25) is 10.0 Å². The molecule has 2 atom stereocenters. The molecule has 0 saturated carbocycles. The summed E-state index contributed by atoms with van der Waals surface area (Å²) in [7, 11) is -1.52. The minimum absolute atomic E-state index is 0.294. The van der Waals surface area contributed by atoms with Crippen LogP contribution in [0, 0.1) is 0 Å². The molecule has 7 heteroatoms. The van der Waals surface area contributed by atoms with E-state index in [1.165, 1.54) is 0 Å². The molecule has 2 rings (SSSR count). The Morgan fingerprint density at radius 1 is 1.59 bits per heavy atom. The zero-order valence-corrected chi connectivity index (χ0v) is 10.7. The van der Waals surface area contributed by atoms with Gasteiger partial charge in [0.15, 0.2) is 0 Å². The fourth-order valence-corrected chi connectivity index (χ4v) is 2.96. The SMILES string of the molecule is Cn1ccc(CC2CCC(S(N)(=O)=O)CN2)n1. The van der Waals surface area contributed by atoms with Crippen molar-refractivity contribution in [2.45, 2.75) is 30.6 Å². The molecule has 0 aliphatic carbocycles. The van der Waals surface area contributed by atoms with Crippen LogP contribution in [0.2, 0.25) is 0 Å². The van der Waals surface area contributed by atoms with E-state index in [0.717, 1.165) is 18.5 Å². The summed E-state index contributed by atoms with van der Waals surface area (Å²) >= 11 is 0. The van der Waals surface area contributed by atoms with Gasteiger partial charge in [0.25, 0.3) is 0 Å². The first-order chi connectivity index (χ1) is 7.95. The van der Waals surface area contributed by atoms with Crippen molar-refractivity contribution in [2.75, 3.05) is 6.54 Å². The first kappa shape index (κ1) is 12.5. The fourth-order valence-electron chi connectivity index (χ4n) is 2.17. The maximum atomic E-state index is 11.2. The number of nitrogens with zero attached hydrogens (tertiary/aromatic N) is 2. The molecule has 1 aromatic rings. The quantitative estimate of drug-likeness (QED) is 0.755. The van der Waals surface area contributed by atoms with Crippen LogP contribution < -0.4 is 10.5 Å². The van der Waals surface area contributed by atoms with Crippen molar-refractivity contribution in [3.8, 4) is 0 Å². The van der Waals surface area contributed by atoms with Crippen LogP contribution in [0.3, 0.4) is 0 Å². The Hall–Kier alpha value is -0.920. The minimum Gasteiger partial charge on any atom is -0.312 e. The first-order valence-corrected chi connectivity index (χ1v) is 7.29. The number of rotatable bonds is 3. The summed E-state index contributed by atoms with van der Waals surface area (Å²) in [5.74, 6) is 0. The van der Waals surface area contributed by atoms with Crippen molar-refractivity contribution in [3.63, 3.8) is 0 Å². The average Bonchev–Trinajstić information content (AvgIpc) is 2.63. The van der Waals surface area contributed by atoms with E-state index in [4.69, 9.17) is 5.14 Å². The Kier molecular flexibility index (Phi) is 3.50. The molecule has 0 aromatic carbocycles. The molecule has 96 valence electrons. The summed E-state index contributed by atoms with van der Waals surface area (Å²) in [6.45, 7) is 0.441. The monoisotopic (exact) mass is 258 g/mol. The fraction of sp³-hybridized carbons (Fsp3) is 0.700. The molecule has 1 aliphatic rings. The molecule has 0 radical (unpaired) electrons. The Balaban J connectivity index is 1.87. The highest BCUT2D eigenvalue weighted by molar-refractivity contribution is 7.89. The van der Waals surface area contributed by atoms with Gasteiger partial charge in [-0.25, -0.2) is 13.6 Å². The van der Waals surface area contributed by atoms with Crippen LogP contribution >= 0.6 is 0 Å². The van der Waals surface area contributed by atoms with Crippen molar-refractivity contribution in [3.05, 3.63) is 18.0 Å². The van der Waals surface area contributed by atoms with E-state index in [2.05, 4.69) is 10.4 Å². The third-order valence-corrected chi connectivity index (χ3v) is 4.49. The summed E-state index contributed by atoms with van der Waals surface area (Å²) in [6, 6.07) is 2.27. The molecular weight excluding hydrogens is 240 g/mol. The topological polar surface area (TPSA) is 90.0 Å². The van der Waals surface area contributed by atoms with Crippen LogP contribution in [0.5, 0.6) is 0 Å². The molecule has 17 heavy (non-hydrogen) atoms. The predicted molar refractivity (Wildman–Crippen MR) is 64.8 cm³/mol. The lowest BCUT2D eigenvalue weighted by atomic mass is 10.0. The van der Waals surface area contributed by atoms with Gasteiger partial charge in [-0.1, -0.05) is 0 Å². The molecule has 0 bridgehead atoms. The number of hydrogen-bond acceptors (Lipinski definition) is 4. The predicted octanol–water partition coefficient (Wildman–Crippen LogP) is -0.628. The number of nitrogens with two attached hydrogens (primary N) is 1. The van der Waals surface area contributed by atoms with Crippen LogP contribution in [0.25, 0.3) is 0 Å². The Labute approximate surface area is 101 Å². The van der Waals surface area contributed by atoms with Gasteiger partial charge in [-0.15, -0.1) is 0 Å². The van der Waals surface area contributed by atoms with Gasteiger partial charge in [-0.3, -0.25) is 4.68 Å². The Morgan fingerprint density at radius 3 is 2.82 bits per heavy atom. The highest BCUT2D eigenvalue weighted by Gasteiger charge is 2.28. The van der Waals surface area contributed by atoms with E-state index in [0.29, 0.717) is 19.0 Å². The number of sulfonamides is 1. The molecule has 1 saturated heterocycles. The second-order valence-corrected chi connectivity index (χ2v) is 6.42. The first-order valence-electron chi connectivity index (χ1n) is 5.68.